The predicted molar refractivity (Wildman–Crippen MR) is 108 cm³/mol. The summed E-state index contributed by atoms with van der Waals surface area (Å²) in [5, 5.41) is 25.3. The molecule has 4 rings (SSSR count). The lowest BCUT2D eigenvalue weighted by Gasteiger charge is -2.14. The molecule has 0 saturated carbocycles. The fourth-order valence-corrected chi connectivity index (χ4v) is 3.38. The van der Waals surface area contributed by atoms with Crippen molar-refractivity contribution < 1.29 is 15.0 Å². The lowest BCUT2D eigenvalue weighted by Crippen LogP contribution is -2.09. The molecule has 1 aliphatic heterocycles. The van der Waals surface area contributed by atoms with Crippen LogP contribution < -0.4 is 0 Å². The molecule has 0 fully saturated rings. The smallest absolute Gasteiger partial charge is 0.300 e. The SMILES string of the molecule is CC(=O)O.CSc1ccc2c(c1)C(c1ccccc1)=NCc1nnc(CO)n1-2. The van der Waals surface area contributed by atoms with E-state index >= 15 is 0 Å². The van der Waals surface area contributed by atoms with Crippen LogP contribution in [0.1, 0.15) is 29.7 Å². The van der Waals surface area contributed by atoms with E-state index in [1.165, 1.54) is 4.90 Å². The van der Waals surface area contributed by atoms with E-state index in [1.807, 2.05) is 22.8 Å². The molecule has 3 aromatic rings. The molecule has 2 aromatic carbocycles. The van der Waals surface area contributed by atoms with Gasteiger partial charge in [0, 0.05) is 22.9 Å². The number of rotatable bonds is 3. The van der Waals surface area contributed by atoms with Gasteiger partial charge in [-0.3, -0.25) is 14.4 Å². The molecule has 1 aromatic heterocycles. The largest absolute Gasteiger partial charge is 0.481 e. The normalized spacial score (nSPS) is 12.0. The zero-order valence-electron chi connectivity index (χ0n) is 15.5. The Morgan fingerprint density at radius 3 is 2.54 bits per heavy atom. The number of hydrogen-bond donors (Lipinski definition) is 2. The predicted octanol–water partition coefficient (Wildman–Crippen LogP) is 2.92. The maximum atomic E-state index is 9.62. The number of aliphatic imine (C=N–C) groups is 1. The number of aromatic nitrogens is 3. The highest BCUT2D eigenvalue weighted by molar-refractivity contribution is 7.98. The summed E-state index contributed by atoms with van der Waals surface area (Å²) in [6, 6.07) is 16.4. The summed E-state index contributed by atoms with van der Waals surface area (Å²) in [6.07, 6.45) is 2.06. The number of hydrogen-bond acceptors (Lipinski definition) is 6. The van der Waals surface area contributed by atoms with Crippen LogP contribution in [0, 0.1) is 0 Å². The second kappa shape index (κ2) is 8.81. The van der Waals surface area contributed by atoms with Crippen molar-refractivity contribution in [2.45, 2.75) is 25.0 Å². The van der Waals surface area contributed by atoms with Gasteiger partial charge in [0.15, 0.2) is 11.6 Å². The Balaban J connectivity index is 0.000000516. The minimum atomic E-state index is -0.833. The van der Waals surface area contributed by atoms with Gasteiger partial charge in [0.1, 0.15) is 13.2 Å². The number of carbonyl (C=O) groups is 1. The van der Waals surface area contributed by atoms with Gasteiger partial charge in [-0.2, -0.15) is 0 Å². The second-order valence-corrected chi connectivity index (χ2v) is 6.84. The molecule has 8 heteroatoms. The Labute approximate surface area is 166 Å². The van der Waals surface area contributed by atoms with E-state index < -0.39 is 5.97 Å². The number of aliphatic hydroxyl groups excluding tert-OH is 1. The lowest BCUT2D eigenvalue weighted by molar-refractivity contribution is -0.134. The van der Waals surface area contributed by atoms with Crippen LogP contribution in [0.4, 0.5) is 0 Å². The van der Waals surface area contributed by atoms with Gasteiger partial charge in [-0.15, -0.1) is 22.0 Å². The van der Waals surface area contributed by atoms with Crippen molar-refractivity contribution in [1.29, 1.82) is 0 Å². The first kappa shape index (κ1) is 19.8. The Bertz CT molecular complexity index is 1010. The summed E-state index contributed by atoms with van der Waals surface area (Å²) in [5.74, 6) is 0.441. The first-order valence-corrected chi connectivity index (χ1v) is 9.79. The topological polar surface area (TPSA) is 101 Å². The molecule has 0 amide bonds. The van der Waals surface area contributed by atoms with E-state index in [4.69, 9.17) is 14.9 Å². The molecule has 0 unspecified atom stereocenters. The summed E-state index contributed by atoms with van der Waals surface area (Å²) >= 11 is 1.69. The molecule has 0 radical (unpaired) electrons. The third-order valence-electron chi connectivity index (χ3n) is 4.06. The number of fused-ring (bicyclic) bond motifs is 3. The molecule has 0 saturated heterocycles. The lowest BCUT2D eigenvalue weighted by atomic mass is 10.0. The summed E-state index contributed by atoms with van der Waals surface area (Å²) in [5.41, 5.74) is 4.00. The van der Waals surface area contributed by atoms with Gasteiger partial charge in [0.05, 0.1) is 11.4 Å². The molecule has 0 spiro atoms. The Morgan fingerprint density at radius 2 is 1.89 bits per heavy atom. The van der Waals surface area contributed by atoms with Crippen LogP contribution in [0.25, 0.3) is 5.69 Å². The number of thioether (sulfide) groups is 1. The van der Waals surface area contributed by atoms with Crippen LogP contribution in [-0.4, -0.2) is 42.9 Å². The van der Waals surface area contributed by atoms with Crippen molar-refractivity contribution in [2.75, 3.05) is 6.26 Å². The highest BCUT2D eigenvalue weighted by Gasteiger charge is 2.22. The minimum Gasteiger partial charge on any atom is -0.481 e. The fraction of sp³-hybridized carbons (Fsp3) is 0.200. The van der Waals surface area contributed by atoms with Crippen LogP contribution >= 0.6 is 11.8 Å². The van der Waals surface area contributed by atoms with Crippen molar-refractivity contribution in [2.24, 2.45) is 4.99 Å². The van der Waals surface area contributed by atoms with E-state index in [1.54, 1.807) is 11.8 Å². The summed E-state index contributed by atoms with van der Waals surface area (Å²) in [4.78, 5) is 15.0. The number of aliphatic carboxylic acids is 1. The van der Waals surface area contributed by atoms with Gasteiger partial charge in [-0.1, -0.05) is 30.3 Å². The number of nitrogens with zero attached hydrogens (tertiary/aromatic N) is 4. The van der Waals surface area contributed by atoms with Crippen LogP contribution in [0.3, 0.4) is 0 Å². The van der Waals surface area contributed by atoms with E-state index in [-0.39, 0.29) is 6.61 Å². The summed E-state index contributed by atoms with van der Waals surface area (Å²) < 4.78 is 1.92. The maximum absolute atomic E-state index is 9.62. The number of carboxylic acid groups (broad SMARTS) is 1. The Kier molecular flexibility index (Phi) is 6.23. The average Bonchev–Trinajstić information content (AvgIpc) is 3.04. The standard InChI is InChI=1S/C18H16N4OS.C2H4O2/c1-24-13-7-8-15-14(9-13)18(12-5-3-2-4-6-12)19-10-16-20-21-17(11-23)22(15)16;1-2(3)4/h2-9,23H,10-11H2,1H3;1H3,(H,3,4). The zero-order valence-corrected chi connectivity index (χ0v) is 16.3. The molecular weight excluding hydrogens is 376 g/mol. The highest BCUT2D eigenvalue weighted by atomic mass is 32.2. The molecule has 2 N–H and O–H groups in total. The van der Waals surface area contributed by atoms with Crippen LogP contribution in [0.2, 0.25) is 0 Å². The highest BCUT2D eigenvalue weighted by Crippen LogP contribution is 2.29. The van der Waals surface area contributed by atoms with Crippen molar-refractivity contribution in [3.8, 4) is 5.69 Å². The fourth-order valence-electron chi connectivity index (χ4n) is 2.94. The van der Waals surface area contributed by atoms with E-state index in [0.29, 0.717) is 12.4 Å². The maximum Gasteiger partial charge on any atom is 0.300 e. The zero-order chi connectivity index (χ0) is 20.1. The molecule has 7 nitrogen and oxygen atoms in total. The van der Waals surface area contributed by atoms with Crippen molar-refractivity contribution in [3.05, 3.63) is 71.3 Å². The van der Waals surface area contributed by atoms with Crippen LogP contribution in [-0.2, 0) is 17.9 Å². The van der Waals surface area contributed by atoms with Crippen LogP contribution in [0.15, 0.2) is 58.4 Å². The first-order chi connectivity index (χ1) is 13.5. The monoisotopic (exact) mass is 396 g/mol. The van der Waals surface area contributed by atoms with Gasteiger partial charge in [-0.25, -0.2) is 0 Å². The number of carboxylic acids is 1. The number of benzene rings is 2. The summed E-state index contributed by atoms with van der Waals surface area (Å²) in [7, 11) is 0. The Morgan fingerprint density at radius 1 is 1.18 bits per heavy atom. The minimum absolute atomic E-state index is 0.155. The molecule has 0 atom stereocenters. The Hall–Kier alpha value is -2.97. The van der Waals surface area contributed by atoms with E-state index in [2.05, 4.69) is 46.8 Å². The summed E-state index contributed by atoms with van der Waals surface area (Å²) in [6.45, 7) is 1.36. The number of aliphatic hydroxyl groups is 1. The first-order valence-electron chi connectivity index (χ1n) is 8.57. The third-order valence-corrected chi connectivity index (χ3v) is 4.79. The molecule has 0 bridgehead atoms. The van der Waals surface area contributed by atoms with Crippen LogP contribution in [0.5, 0.6) is 0 Å². The van der Waals surface area contributed by atoms with Gasteiger partial charge in [-0.05, 0) is 24.5 Å². The third kappa shape index (κ3) is 4.13. The van der Waals surface area contributed by atoms with Gasteiger partial charge in [0.2, 0.25) is 0 Å². The molecule has 1 aliphatic rings. The molecule has 28 heavy (non-hydrogen) atoms. The molecule has 144 valence electrons. The van der Waals surface area contributed by atoms with Gasteiger partial charge in [0.25, 0.3) is 5.97 Å². The van der Waals surface area contributed by atoms with E-state index in [0.717, 1.165) is 35.3 Å². The van der Waals surface area contributed by atoms with Gasteiger partial charge >= 0.3 is 0 Å². The molecular formula is C20H20N4O3S. The second-order valence-electron chi connectivity index (χ2n) is 5.96. The molecule has 2 heterocycles. The van der Waals surface area contributed by atoms with Crippen molar-refractivity contribution in [3.63, 3.8) is 0 Å². The molecule has 0 aliphatic carbocycles. The average molecular weight is 396 g/mol. The van der Waals surface area contributed by atoms with Gasteiger partial charge < -0.3 is 10.2 Å². The van der Waals surface area contributed by atoms with Crippen molar-refractivity contribution in [1.82, 2.24) is 14.8 Å². The van der Waals surface area contributed by atoms with Crippen molar-refractivity contribution >= 4 is 23.4 Å². The van der Waals surface area contributed by atoms with E-state index in [9.17, 15) is 5.11 Å². The quantitative estimate of drug-likeness (QED) is 0.660.